The molecule has 1 aromatic heterocycles. The van der Waals surface area contributed by atoms with Gasteiger partial charge in [-0.2, -0.15) is 0 Å². The summed E-state index contributed by atoms with van der Waals surface area (Å²) in [5, 5.41) is 9.22. The Bertz CT molecular complexity index is 440. The number of carboxylic acid groups (broad SMARTS) is 1. The molecule has 0 radical (unpaired) electrons. The van der Waals surface area contributed by atoms with Crippen LogP contribution in [-0.2, 0) is 12.8 Å². The molecule has 0 atom stereocenters. The number of nitrogens with two attached hydrogens (primary N) is 1. The lowest BCUT2D eigenvalue weighted by Crippen LogP contribution is -2.14. The Morgan fingerprint density at radius 1 is 1.41 bits per heavy atom. The number of hydrogen-bond acceptors (Lipinski definition) is 3. The number of nitrogen functional groups attached to an aromatic ring is 1. The lowest BCUT2D eigenvalue weighted by molar-refractivity contribution is 0.0697. The van der Waals surface area contributed by atoms with Crippen LogP contribution in [0.4, 0.5) is 5.69 Å². The van der Waals surface area contributed by atoms with Gasteiger partial charge in [0.25, 0.3) is 0 Å². The van der Waals surface area contributed by atoms with Crippen LogP contribution in [0.1, 0.15) is 48.1 Å². The average Bonchev–Trinajstić information content (AvgIpc) is 2.21. The number of pyridine rings is 1. The molecule has 0 aliphatic carbocycles. The summed E-state index contributed by atoms with van der Waals surface area (Å²) < 4.78 is 0. The molecule has 0 aliphatic heterocycles. The van der Waals surface area contributed by atoms with Crippen molar-refractivity contribution in [1.82, 2.24) is 4.98 Å². The van der Waals surface area contributed by atoms with Gasteiger partial charge >= 0.3 is 5.97 Å². The van der Waals surface area contributed by atoms with Crippen molar-refractivity contribution in [2.24, 2.45) is 5.92 Å². The third-order valence-electron chi connectivity index (χ3n) is 2.81. The molecule has 0 aliphatic rings. The molecule has 1 rings (SSSR count). The van der Waals surface area contributed by atoms with Crippen molar-refractivity contribution in [2.45, 2.75) is 40.5 Å². The third-order valence-corrected chi connectivity index (χ3v) is 2.81. The first kappa shape index (κ1) is 13.5. The quantitative estimate of drug-likeness (QED) is 0.841. The number of carbonyl (C=O) groups is 1. The fourth-order valence-corrected chi connectivity index (χ4v) is 1.96. The molecule has 0 fully saturated rings. The Balaban J connectivity index is 3.43. The van der Waals surface area contributed by atoms with E-state index in [1.54, 1.807) is 6.92 Å². The largest absolute Gasteiger partial charge is 0.478 e. The third kappa shape index (κ3) is 2.75. The average molecular weight is 236 g/mol. The number of hydrogen-bond donors (Lipinski definition) is 2. The van der Waals surface area contributed by atoms with E-state index in [-0.39, 0.29) is 5.56 Å². The highest BCUT2D eigenvalue weighted by molar-refractivity contribution is 5.96. The summed E-state index contributed by atoms with van der Waals surface area (Å²) in [5.74, 6) is -0.569. The van der Waals surface area contributed by atoms with E-state index in [0.717, 1.165) is 12.1 Å². The van der Waals surface area contributed by atoms with Crippen LogP contribution in [0.3, 0.4) is 0 Å². The molecule has 0 amide bonds. The van der Waals surface area contributed by atoms with E-state index in [0.29, 0.717) is 29.3 Å². The molecule has 0 saturated heterocycles. The van der Waals surface area contributed by atoms with Gasteiger partial charge in [-0.05, 0) is 31.2 Å². The summed E-state index contributed by atoms with van der Waals surface area (Å²) >= 11 is 0. The van der Waals surface area contributed by atoms with Crippen LogP contribution in [0.25, 0.3) is 0 Å². The zero-order valence-corrected chi connectivity index (χ0v) is 10.9. The second-order valence-electron chi connectivity index (χ2n) is 4.68. The normalized spacial score (nSPS) is 10.9. The van der Waals surface area contributed by atoms with Gasteiger partial charge in [0.15, 0.2) is 0 Å². The Kier molecular flexibility index (Phi) is 4.10. The minimum Gasteiger partial charge on any atom is -0.478 e. The predicted octanol–water partition coefficient (Wildman–Crippen LogP) is 2.43. The zero-order valence-electron chi connectivity index (χ0n) is 10.9. The van der Waals surface area contributed by atoms with Crippen molar-refractivity contribution in [3.05, 3.63) is 22.5 Å². The smallest absolute Gasteiger partial charge is 0.338 e. The Labute approximate surface area is 102 Å². The molecule has 0 spiro atoms. The molecule has 1 heterocycles. The molecule has 1 aromatic rings. The van der Waals surface area contributed by atoms with Crippen LogP contribution in [0, 0.1) is 12.8 Å². The maximum atomic E-state index is 11.2. The summed E-state index contributed by atoms with van der Waals surface area (Å²) in [6, 6.07) is 0. The van der Waals surface area contributed by atoms with Crippen molar-refractivity contribution >= 4 is 11.7 Å². The molecular formula is C13H20N2O2. The van der Waals surface area contributed by atoms with Crippen LogP contribution in [0.2, 0.25) is 0 Å². The van der Waals surface area contributed by atoms with E-state index in [1.807, 2.05) is 6.92 Å². The molecule has 0 bridgehead atoms. The minimum absolute atomic E-state index is 0.215. The highest BCUT2D eigenvalue weighted by Crippen LogP contribution is 2.24. The van der Waals surface area contributed by atoms with Gasteiger partial charge in [-0.25, -0.2) is 4.79 Å². The highest BCUT2D eigenvalue weighted by atomic mass is 16.4. The van der Waals surface area contributed by atoms with Gasteiger partial charge in [-0.15, -0.1) is 0 Å². The van der Waals surface area contributed by atoms with Gasteiger partial charge in [0, 0.05) is 5.69 Å². The van der Waals surface area contributed by atoms with Crippen molar-refractivity contribution in [2.75, 3.05) is 5.73 Å². The topological polar surface area (TPSA) is 76.2 Å². The standard InChI is InChI=1S/C13H20N2O2/c1-5-9-8(4)11(13(16)17)12(14)10(15-9)6-7(2)3/h7H,5-6,14H2,1-4H3,(H,16,17). The summed E-state index contributed by atoms with van der Waals surface area (Å²) in [6.45, 7) is 7.86. The highest BCUT2D eigenvalue weighted by Gasteiger charge is 2.19. The maximum Gasteiger partial charge on any atom is 0.338 e. The second-order valence-corrected chi connectivity index (χ2v) is 4.68. The molecule has 4 nitrogen and oxygen atoms in total. The second kappa shape index (κ2) is 5.17. The van der Waals surface area contributed by atoms with Gasteiger partial charge in [0.1, 0.15) is 0 Å². The van der Waals surface area contributed by atoms with Crippen LogP contribution in [0.15, 0.2) is 0 Å². The number of anilines is 1. The van der Waals surface area contributed by atoms with E-state index in [1.165, 1.54) is 0 Å². The summed E-state index contributed by atoms with van der Waals surface area (Å²) in [6.07, 6.45) is 1.43. The lowest BCUT2D eigenvalue weighted by atomic mass is 9.98. The van der Waals surface area contributed by atoms with Gasteiger partial charge < -0.3 is 10.8 Å². The van der Waals surface area contributed by atoms with Gasteiger partial charge in [-0.3, -0.25) is 4.98 Å². The van der Waals surface area contributed by atoms with Crippen LogP contribution in [0.5, 0.6) is 0 Å². The molecule has 0 aromatic carbocycles. The van der Waals surface area contributed by atoms with E-state index in [4.69, 9.17) is 5.73 Å². The number of carboxylic acids is 1. The van der Waals surface area contributed by atoms with Crippen LogP contribution >= 0.6 is 0 Å². The Morgan fingerprint density at radius 2 is 2.00 bits per heavy atom. The number of aromatic carboxylic acids is 1. The number of rotatable bonds is 4. The zero-order chi connectivity index (χ0) is 13.2. The summed E-state index contributed by atoms with van der Waals surface area (Å²) in [5.41, 5.74) is 8.67. The van der Waals surface area contributed by atoms with Crippen LogP contribution in [-0.4, -0.2) is 16.1 Å². The molecular weight excluding hydrogens is 216 g/mol. The van der Waals surface area contributed by atoms with Crippen molar-refractivity contribution in [3.63, 3.8) is 0 Å². The molecule has 4 heteroatoms. The van der Waals surface area contributed by atoms with Crippen LogP contribution < -0.4 is 5.73 Å². The fourth-order valence-electron chi connectivity index (χ4n) is 1.96. The van der Waals surface area contributed by atoms with E-state index < -0.39 is 5.97 Å². The molecule has 0 unspecified atom stereocenters. The first-order valence-corrected chi connectivity index (χ1v) is 5.89. The first-order valence-electron chi connectivity index (χ1n) is 5.89. The monoisotopic (exact) mass is 236 g/mol. The lowest BCUT2D eigenvalue weighted by Gasteiger charge is -2.15. The van der Waals surface area contributed by atoms with Gasteiger partial charge in [-0.1, -0.05) is 20.8 Å². The first-order chi connectivity index (χ1) is 7.88. The molecule has 94 valence electrons. The van der Waals surface area contributed by atoms with E-state index >= 15 is 0 Å². The van der Waals surface area contributed by atoms with Gasteiger partial charge in [0.05, 0.1) is 16.9 Å². The van der Waals surface area contributed by atoms with E-state index in [2.05, 4.69) is 18.8 Å². The predicted molar refractivity (Wildman–Crippen MR) is 68.3 cm³/mol. The van der Waals surface area contributed by atoms with Crippen molar-refractivity contribution in [1.29, 1.82) is 0 Å². The molecule has 3 N–H and O–H groups in total. The number of nitrogens with zero attached hydrogens (tertiary/aromatic N) is 1. The van der Waals surface area contributed by atoms with E-state index in [9.17, 15) is 9.90 Å². The minimum atomic E-state index is -0.970. The summed E-state index contributed by atoms with van der Waals surface area (Å²) in [7, 11) is 0. The summed E-state index contributed by atoms with van der Waals surface area (Å²) in [4.78, 5) is 15.7. The maximum absolute atomic E-state index is 11.2. The van der Waals surface area contributed by atoms with Crippen molar-refractivity contribution in [3.8, 4) is 0 Å². The fraction of sp³-hybridized carbons (Fsp3) is 0.538. The number of aryl methyl sites for hydroxylation is 1. The van der Waals surface area contributed by atoms with Crippen molar-refractivity contribution < 1.29 is 9.90 Å². The SMILES string of the molecule is CCc1nc(CC(C)C)c(N)c(C(=O)O)c1C. The Hall–Kier alpha value is -1.58. The Morgan fingerprint density at radius 3 is 2.41 bits per heavy atom. The number of aromatic nitrogens is 1. The molecule has 0 saturated carbocycles. The molecule has 17 heavy (non-hydrogen) atoms. The van der Waals surface area contributed by atoms with Gasteiger partial charge in [0.2, 0.25) is 0 Å².